The van der Waals surface area contributed by atoms with Gasteiger partial charge in [0.2, 0.25) is 5.91 Å². The molecule has 1 amide bonds. The molecule has 1 rings (SSSR count). The number of anilines is 1. The van der Waals surface area contributed by atoms with Crippen LogP contribution in [0.25, 0.3) is 0 Å². The normalized spacial score (nSPS) is 12.6. The van der Waals surface area contributed by atoms with Gasteiger partial charge in [-0.3, -0.25) is 4.79 Å². The Morgan fingerprint density at radius 1 is 1.53 bits per heavy atom. The largest absolute Gasteiger partial charge is 0.320 e. The van der Waals surface area contributed by atoms with Crippen LogP contribution in [0, 0.1) is 5.92 Å². The highest BCUT2D eigenvalue weighted by Crippen LogP contribution is 2.19. The first kappa shape index (κ1) is 14.5. The minimum absolute atomic E-state index is 0.254. The van der Waals surface area contributed by atoms with E-state index < -0.39 is 6.04 Å². The highest BCUT2D eigenvalue weighted by Gasteiger charge is 2.17. The van der Waals surface area contributed by atoms with Gasteiger partial charge in [0, 0.05) is 0 Å². The quantitative estimate of drug-likeness (QED) is 0.857. The fourth-order valence-electron chi connectivity index (χ4n) is 1.25. The molecule has 0 aromatic carbocycles. The monoisotopic (exact) mass is 364 g/mol. The van der Waals surface area contributed by atoms with Crippen molar-refractivity contribution in [3.8, 4) is 0 Å². The molecular weight excluding hydrogens is 352 g/mol. The number of nitrogens with zero attached hydrogens (tertiary/aromatic N) is 2. The SMILES string of the molecule is CC(C)CC(N)C(=O)Nc1ncc(Br)nc1Br. The predicted octanol–water partition coefficient (Wildman–Crippen LogP) is 2.31. The number of aromatic nitrogens is 2. The van der Waals surface area contributed by atoms with Gasteiger partial charge in [-0.25, -0.2) is 9.97 Å². The molecule has 0 aliphatic rings. The fraction of sp³-hybridized carbons (Fsp3) is 0.500. The second-order valence-electron chi connectivity index (χ2n) is 4.06. The molecule has 0 bridgehead atoms. The maximum Gasteiger partial charge on any atom is 0.242 e. The van der Waals surface area contributed by atoms with E-state index in [0.717, 1.165) is 0 Å². The number of hydrogen-bond donors (Lipinski definition) is 2. The van der Waals surface area contributed by atoms with Crippen molar-refractivity contribution in [3.63, 3.8) is 0 Å². The number of nitrogens with one attached hydrogen (secondary N) is 1. The Balaban J connectivity index is 2.67. The molecule has 7 heteroatoms. The first-order valence-electron chi connectivity index (χ1n) is 5.14. The maximum atomic E-state index is 11.7. The van der Waals surface area contributed by atoms with Crippen LogP contribution in [0.2, 0.25) is 0 Å². The van der Waals surface area contributed by atoms with Crippen LogP contribution >= 0.6 is 31.9 Å². The molecule has 0 saturated heterocycles. The highest BCUT2D eigenvalue weighted by molar-refractivity contribution is 9.11. The summed E-state index contributed by atoms with van der Waals surface area (Å²) in [5, 5.41) is 2.64. The van der Waals surface area contributed by atoms with Crippen molar-refractivity contribution < 1.29 is 4.79 Å². The average molecular weight is 366 g/mol. The van der Waals surface area contributed by atoms with E-state index >= 15 is 0 Å². The molecule has 1 atom stereocenters. The van der Waals surface area contributed by atoms with E-state index in [9.17, 15) is 4.79 Å². The minimum atomic E-state index is -0.535. The van der Waals surface area contributed by atoms with Crippen molar-refractivity contribution in [2.45, 2.75) is 26.3 Å². The maximum absolute atomic E-state index is 11.7. The standard InChI is InChI=1S/C10H14Br2N4O/c1-5(2)3-6(13)10(17)16-9-8(12)15-7(11)4-14-9/h4-6H,3,13H2,1-2H3,(H,14,16,17). The smallest absolute Gasteiger partial charge is 0.242 e. The molecule has 0 spiro atoms. The molecule has 17 heavy (non-hydrogen) atoms. The van der Waals surface area contributed by atoms with E-state index in [0.29, 0.717) is 27.4 Å². The number of carbonyl (C=O) groups excluding carboxylic acids is 1. The molecule has 0 radical (unpaired) electrons. The minimum Gasteiger partial charge on any atom is -0.320 e. The van der Waals surface area contributed by atoms with Gasteiger partial charge in [-0.05, 0) is 44.2 Å². The molecule has 0 fully saturated rings. The van der Waals surface area contributed by atoms with E-state index in [2.05, 4.69) is 47.1 Å². The van der Waals surface area contributed by atoms with Crippen LogP contribution in [0.4, 0.5) is 5.82 Å². The van der Waals surface area contributed by atoms with Gasteiger partial charge < -0.3 is 11.1 Å². The van der Waals surface area contributed by atoms with Gasteiger partial charge in [0.05, 0.1) is 12.2 Å². The van der Waals surface area contributed by atoms with Gasteiger partial charge in [-0.15, -0.1) is 0 Å². The van der Waals surface area contributed by atoms with Crippen LogP contribution in [0.1, 0.15) is 20.3 Å². The van der Waals surface area contributed by atoms with Crippen molar-refractivity contribution >= 4 is 43.6 Å². The molecule has 1 aromatic heterocycles. The Hall–Kier alpha value is -0.530. The van der Waals surface area contributed by atoms with Crippen LogP contribution in [-0.4, -0.2) is 21.9 Å². The van der Waals surface area contributed by atoms with Crippen molar-refractivity contribution in [2.75, 3.05) is 5.32 Å². The van der Waals surface area contributed by atoms with Crippen molar-refractivity contribution in [3.05, 3.63) is 15.4 Å². The molecule has 1 aromatic rings. The van der Waals surface area contributed by atoms with Crippen LogP contribution in [-0.2, 0) is 4.79 Å². The summed E-state index contributed by atoms with van der Waals surface area (Å²) >= 11 is 6.40. The van der Waals surface area contributed by atoms with Crippen LogP contribution in [0.5, 0.6) is 0 Å². The first-order valence-corrected chi connectivity index (χ1v) is 6.73. The third-order valence-corrected chi connectivity index (χ3v) is 2.94. The molecule has 94 valence electrons. The van der Waals surface area contributed by atoms with Gasteiger partial charge in [-0.1, -0.05) is 13.8 Å². The van der Waals surface area contributed by atoms with Crippen LogP contribution in [0.15, 0.2) is 15.4 Å². The van der Waals surface area contributed by atoms with Crippen LogP contribution < -0.4 is 11.1 Å². The fourth-order valence-corrected chi connectivity index (χ4v) is 2.17. The molecule has 5 nitrogen and oxygen atoms in total. The molecule has 1 unspecified atom stereocenters. The lowest BCUT2D eigenvalue weighted by Gasteiger charge is -2.14. The zero-order valence-corrected chi connectivity index (χ0v) is 12.7. The summed E-state index contributed by atoms with van der Waals surface area (Å²) < 4.78 is 1.06. The highest BCUT2D eigenvalue weighted by atomic mass is 79.9. The summed E-state index contributed by atoms with van der Waals surface area (Å²) in [4.78, 5) is 19.8. The second kappa shape index (κ2) is 6.42. The molecule has 3 N–H and O–H groups in total. The van der Waals surface area contributed by atoms with E-state index in [1.54, 1.807) is 0 Å². The summed E-state index contributed by atoms with van der Waals surface area (Å²) in [6.45, 7) is 4.03. The number of carbonyl (C=O) groups is 1. The van der Waals surface area contributed by atoms with Gasteiger partial charge >= 0.3 is 0 Å². The zero-order valence-electron chi connectivity index (χ0n) is 9.58. The Morgan fingerprint density at radius 3 is 2.71 bits per heavy atom. The van der Waals surface area contributed by atoms with Crippen molar-refractivity contribution in [1.29, 1.82) is 0 Å². The zero-order chi connectivity index (χ0) is 13.0. The molecular formula is C10H14Br2N4O. The van der Waals surface area contributed by atoms with Gasteiger partial charge in [0.15, 0.2) is 5.82 Å². The van der Waals surface area contributed by atoms with Crippen LogP contribution in [0.3, 0.4) is 0 Å². The Kier molecular flexibility index (Phi) is 5.48. The lowest BCUT2D eigenvalue weighted by atomic mass is 10.0. The summed E-state index contributed by atoms with van der Waals surface area (Å²) in [6, 6.07) is -0.535. The average Bonchev–Trinajstić information content (AvgIpc) is 2.21. The molecule has 0 saturated carbocycles. The van der Waals surface area contributed by atoms with Gasteiger partial charge in [0.1, 0.15) is 9.21 Å². The summed E-state index contributed by atoms with van der Waals surface area (Å²) in [6.07, 6.45) is 2.14. The molecule has 1 heterocycles. The summed E-state index contributed by atoms with van der Waals surface area (Å²) in [5.74, 6) is 0.489. The lowest BCUT2D eigenvalue weighted by Crippen LogP contribution is -2.37. The van der Waals surface area contributed by atoms with E-state index in [4.69, 9.17) is 5.73 Å². The van der Waals surface area contributed by atoms with Gasteiger partial charge in [-0.2, -0.15) is 0 Å². The van der Waals surface area contributed by atoms with Crippen molar-refractivity contribution in [1.82, 2.24) is 9.97 Å². The Bertz CT molecular complexity index is 411. The van der Waals surface area contributed by atoms with E-state index in [1.165, 1.54) is 6.20 Å². The third kappa shape index (κ3) is 4.69. The number of nitrogens with two attached hydrogens (primary N) is 1. The third-order valence-electron chi connectivity index (χ3n) is 2.00. The number of amides is 1. The summed E-state index contributed by atoms with van der Waals surface area (Å²) in [7, 11) is 0. The molecule has 0 aliphatic carbocycles. The first-order chi connectivity index (χ1) is 7.90. The Morgan fingerprint density at radius 2 is 2.18 bits per heavy atom. The number of rotatable bonds is 4. The topological polar surface area (TPSA) is 80.9 Å². The lowest BCUT2D eigenvalue weighted by molar-refractivity contribution is -0.117. The molecule has 0 aliphatic heterocycles. The Labute approximate surface area is 117 Å². The van der Waals surface area contributed by atoms with Crippen molar-refractivity contribution in [2.24, 2.45) is 11.7 Å². The summed E-state index contributed by atoms with van der Waals surface area (Å²) in [5.41, 5.74) is 5.76. The second-order valence-corrected chi connectivity index (χ2v) is 5.62. The van der Waals surface area contributed by atoms with Gasteiger partial charge in [0.25, 0.3) is 0 Å². The van der Waals surface area contributed by atoms with E-state index in [-0.39, 0.29) is 5.91 Å². The predicted molar refractivity (Wildman–Crippen MR) is 73.5 cm³/mol. The number of hydrogen-bond acceptors (Lipinski definition) is 4. The van der Waals surface area contributed by atoms with E-state index in [1.807, 2.05) is 13.8 Å². The number of halogens is 2.